The Morgan fingerprint density at radius 1 is 1.22 bits per heavy atom. The van der Waals surface area contributed by atoms with E-state index in [0.29, 0.717) is 36.0 Å². The van der Waals surface area contributed by atoms with Gasteiger partial charge in [-0.25, -0.2) is 31.4 Å². The molecule has 0 bridgehead atoms. The number of nitrogens with one attached hydrogen (secondary N) is 2. The first-order chi connectivity index (χ1) is 27.7. The zero-order valence-corrected chi connectivity index (χ0v) is 34.7. The Labute approximate surface area is 341 Å². The number of allylic oxidation sites excluding steroid dienone is 1. The fourth-order valence-electron chi connectivity index (χ4n) is 7.89. The summed E-state index contributed by atoms with van der Waals surface area (Å²) in [5, 5.41) is 14.0. The Morgan fingerprint density at radius 2 is 1.93 bits per heavy atom. The Balaban J connectivity index is 1.43. The van der Waals surface area contributed by atoms with Gasteiger partial charge in [0.15, 0.2) is 11.6 Å². The van der Waals surface area contributed by atoms with Crippen LogP contribution in [0.4, 0.5) is 18.0 Å². The molecule has 1 aromatic heterocycles. The number of ether oxygens (including phenoxy) is 3. The lowest BCUT2D eigenvalue weighted by Crippen LogP contribution is -2.66. The lowest BCUT2D eigenvalue weighted by Gasteiger charge is -2.45. The second-order valence-electron chi connectivity index (χ2n) is 16.6. The molecule has 6 rings (SSSR count). The van der Waals surface area contributed by atoms with E-state index in [-0.39, 0.29) is 42.9 Å². The standard InChI is InChI=1S/C40H52F3N5O10S/c1-7-29-31(48(37(52)53)38(4,5)35(42)43)34(50)47-21-25(58-33-26-19-27(41)30(56-8-2)17-23(26)13-16-44-33)18-28(47)32(49)45-40(20-24(40)12-10-9-11-22(3)57-29)36(51)46-59(54,55)39(6)14-15-39/h10,12-13,16-17,19,22,24-25,28-29,31,35H,7-9,11,14-15,18,20-21H2,1-6H3,(H,45,49)(H,46,51)(H,52,53)/b12-10-/t22-,24-,25-,28+,29+,31+,40-/m1/s1. The van der Waals surface area contributed by atoms with Gasteiger partial charge in [-0.1, -0.05) is 19.1 Å². The number of rotatable bonds is 11. The SMILES string of the molecule is CCOc1cc2ccnc(O[C@@H]3C[C@H]4C(=O)N[C@]5(C(=O)NS(=O)(=O)C6(C)CC6)C[C@H]5/C=C\CC[C@@H](C)O[C@@H](CC)[C@H](N(C(=O)O)C(C)(C)C(F)F)C(=O)N4C3)c2cc1F. The molecule has 1 aromatic carbocycles. The smallest absolute Gasteiger partial charge is 0.408 e. The molecule has 4 aliphatic rings. The zero-order chi connectivity index (χ0) is 43.2. The lowest BCUT2D eigenvalue weighted by atomic mass is 9.95. The van der Waals surface area contributed by atoms with Crippen LogP contribution < -0.4 is 19.5 Å². The summed E-state index contributed by atoms with van der Waals surface area (Å²) in [7, 11) is -4.13. The summed E-state index contributed by atoms with van der Waals surface area (Å²) in [6, 6.07) is 0.858. The number of nitrogens with zero attached hydrogens (tertiary/aromatic N) is 3. The van der Waals surface area contributed by atoms with E-state index in [9.17, 15) is 36.7 Å². The van der Waals surface area contributed by atoms with Crippen LogP contribution in [0.5, 0.6) is 11.6 Å². The van der Waals surface area contributed by atoms with E-state index in [2.05, 4.69) is 15.0 Å². The van der Waals surface area contributed by atoms with Crippen LogP contribution in [-0.4, -0.2) is 118 Å². The van der Waals surface area contributed by atoms with Gasteiger partial charge in [-0.3, -0.25) is 24.0 Å². The fraction of sp³-hybridized carbons (Fsp3) is 0.625. The number of hydrogen-bond donors (Lipinski definition) is 3. The largest absolute Gasteiger partial charge is 0.491 e. The molecule has 19 heteroatoms. The number of carbonyl (C=O) groups is 4. The van der Waals surface area contributed by atoms with Crippen LogP contribution in [0.3, 0.4) is 0 Å². The number of halogens is 3. The molecule has 0 unspecified atom stereocenters. The van der Waals surface area contributed by atoms with Crippen LogP contribution in [0.15, 0.2) is 36.5 Å². The number of fused-ring (bicyclic) bond motifs is 3. The molecule has 2 aliphatic heterocycles. The van der Waals surface area contributed by atoms with Crippen LogP contribution in [-0.2, 0) is 29.1 Å². The molecular weight excluding hydrogens is 800 g/mol. The van der Waals surface area contributed by atoms with E-state index in [0.717, 1.165) is 18.7 Å². The highest BCUT2D eigenvalue weighted by Gasteiger charge is 2.63. The number of carbonyl (C=O) groups excluding carboxylic acids is 3. The number of carboxylic acid groups (broad SMARTS) is 1. The van der Waals surface area contributed by atoms with Gasteiger partial charge in [0.1, 0.15) is 29.3 Å². The third-order valence-electron chi connectivity index (χ3n) is 12.0. The predicted octanol–water partition coefficient (Wildman–Crippen LogP) is 4.92. The first kappa shape index (κ1) is 43.9. The molecule has 0 radical (unpaired) electrons. The van der Waals surface area contributed by atoms with E-state index in [4.69, 9.17) is 14.2 Å². The summed E-state index contributed by atoms with van der Waals surface area (Å²) in [6.07, 6.45) is -1.93. The maximum absolute atomic E-state index is 15.1. The molecule has 2 aliphatic carbocycles. The van der Waals surface area contributed by atoms with Gasteiger partial charge in [0.2, 0.25) is 27.7 Å². The average molecular weight is 852 g/mol. The van der Waals surface area contributed by atoms with Gasteiger partial charge in [-0.15, -0.1) is 0 Å². The van der Waals surface area contributed by atoms with Gasteiger partial charge in [0.25, 0.3) is 12.3 Å². The predicted molar refractivity (Wildman–Crippen MR) is 208 cm³/mol. The van der Waals surface area contributed by atoms with Gasteiger partial charge >= 0.3 is 6.09 Å². The molecule has 2 aromatic rings. The zero-order valence-electron chi connectivity index (χ0n) is 33.9. The van der Waals surface area contributed by atoms with E-state index < -0.39 is 105 Å². The van der Waals surface area contributed by atoms with E-state index >= 15 is 9.18 Å². The summed E-state index contributed by atoms with van der Waals surface area (Å²) < 4.78 is 90.0. The minimum absolute atomic E-state index is 0.000762. The van der Waals surface area contributed by atoms with Crippen LogP contribution in [0.1, 0.15) is 86.5 Å². The molecule has 324 valence electrons. The Kier molecular flexibility index (Phi) is 12.2. The van der Waals surface area contributed by atoms with Crippen molar-refractivity contribution in [2.45, 2.75) is 139 Å². The summed E-state index contributed by atoms with van der Waals surface area (Å²) in [5.74, 6) is -4.26. The van der Waals surface area contributed by atoms with Gasteiger partial charge in [0, 0.05) is 23.9 Å². The van der Waals surface area contributed by atoms with Gasteiger partial charge in [-0.05, 0) is 96.7 Å². The Morgan fingerprint density at radius 3 is 2.56 bits per heavy atom. The van der Waals surface area contributed by atoms with Crippen molar-refractivity contribution in [2.24, 2.45) is 5.92 Å². The van der Waals surface area contributed by atoms with Crippen LogP contribution in [0, 0.1) is 11.7 Å². The van der Waals surface area contributed by atoms with E-state index in [1.165, 1.54) is 25.3 Å². The second kappa shape index (κ2) is 16.4. The Bertz CT molecular complexity index is 2120. The number of alkyl halides is 2. The molecule has 2 saturated carbocycles. The maximum atomic E-state index is 15.1. The first-order valence-corrected chi connectivity index (χ1v) is 21.4. The van der Waals surface area contributed by atoms with Crippen molar-refractivity contribution in [1.29, 1.82) is 0 Å². The first-order valence-electron chi connectivity index (χ1n) is 19.9. The normalized spacial score (nSPS) is 29.0. The number of pyridine rings is 1. The van der Waals surface area contributed by atoms with Crippen molar-refractivity contribution in [1.82, 2.24) is 24.8 Å². The van der Waals surface area contributed by atoms with Crippen LogP contribution >= 0.6 is 0 Å². The van der Waals surface area contributed by atoms with Gasteiger partial charge in [-0.2, -0.15) is 0 Å². The average Bonchev–Trinajstić information content (AvgIpc) is 4.04. The molecule has 3 N–H and O–H groups in total. The highest BCUT2D eigenvalue weighted by atomic mass is 32.2. The van der Waals surface area contributed by atoms with Crippen LogP contribution in [0.25, 0.3) is 10.8 Å². The van der Waals surface area contributed by atoms with Crippen molar-refractivity contribution in [3.8, 4) is 11.6 Å². The summed E-state index contributed by atoms with van der Waals surface area (Å²) >= 11 is 0. The molecule has 3 fully saturated rings. The number of sulfonamides is 1. The molecular formula is C40H52F3N5O10S. The van der Waals surface area contributed by atoms with Gasteiger partial charge < -0.3 is 29.5 Å². The summed E-state index contributed by atoms with van der Waals surface area (Å²) in [6.45, 7) is 8.32. The molecule has 15 nitrogen and oxygen atoms in total. The third kappa shape index (κ3) is 8.54. The minimum atomic E-state index is -4.13. The number of hydrogen-bond acceptors (Lipinski definition) is 10. The topological polar surface area (TPSA) is 194 Å². The van der Waals surface area contributed by atoms with Crippen LogP contribution in [0.2, 0.25) is 0 Å². The second-order valence-corrected chi connectivity index (χ2v) is 18.8. The third-order valence-corrected chi connectivity index (χ3v) is 14.1. The summed E-state index contributed by atoms with van der Waals surface area (Å²) in [5.41, 5.74) is -4.15. The maximum Gasteiger partial charge on any atom is 0.408 e. The molecule has 7 atom stereocenters. The number of amides is 4. The van der Waals surface area contributed by atoms with Crippen molar-refractivity contribution in [2.75, 3.05) is 13.2 Å². The van der Waals surface area contributed by atoms with E-state index in [1.807, 2.05) is 0 Å². The molecule has 1 saturated heterocycles. The van der Waals surface area contributed by atoms with Gasteiger partial charge in [0.05, 0.1) is 30.1 Å². The van der Waals surface area contributed by atoms with Crippen molar-refractivity contribution in [3.05, 3.63) is 42.4 Å². The number of benzene rings is 1. The highest BCUT2D eigenvalue weighted by molar-refractivity contribution is 7.91. The quantitative estimate of drug-likeness (QED) is 0.260. The van der Waals surface area contributed by atoms with Crippen molar-refractivity contribution >= 4 is 44.6 Å². The Hall–Kier alpha value is -4.65. The highest BCUT2D eigenvalue weighted by Crippen LogP contribution is 2.48. The lowest BCUT2D eigenvalue weighted by molar-refractivity contribution is -0.156. The summed E-state index contributed by atoms with van der Waals surface area (Å²) in [4.78, 5) is 62.3. The fourth-order valence-corrected chi connectivity index (χ4v) is 9.20. The van der Waals surface area contributed by atoms with Crippen molar-refractivity contribution in [3.63, 3.8) is 0 Å². The monoisotopic (exact) mass is 851 g/mol. The number of aromatic nitrogens is 1. The van der Waals surface area contributed by atoms with Crippen molar-refractivity contribution < 1.29 is 60.1 Å². The molecule has 0 spiro atoms. The molecule has 3 heterocycles. The molecule has 59 heavy (non-hydrogen) atoms. The minimum Gasteiger partial charge on any atom is -0.491 e. The molecule has 4 amide bonds. The van der Waals surface area contributed by atoms with E-state index in [1.54, 1.807) is 39.0 Å².